The van der Waals surface area contributed by atoms with Gasteiger partial charge < -0.3 is 0 Å². The maximum absolute atomic E-state index is 6.07. The highest BCUT2D eigenvalue weighted by Crippen LogP contribution is 2.45. The number of hydrogen-bond donors (Lipinski definition) is 0. The Hall–Kier alpha value is -1.01. The van der Waals surface area contributed by atoms with Crippen LogP contribution in [-0.4, -0.2) is 14.6 Å². The van der Waals surface area contributed by atoms with Gasteiger partial charge in [-0.2, -0.15) is 15.3 Å². The monoisotopic (exact) mass is 299 g/mol. The molecule has 1 aliphatic heterocycles. The molecule has 1 aliphatic rings. The molecule has 82 valence electrons. The molecular weight excluding hydrogens is 293 g/mol. The van der Waals surface area contributed by atoms with Gasteiger partial charge >= 0.3 is 0 Å². The largest absolute Gasteiger partial charge is 0.234 e. The Morgan fingerprint density at radius 2 is 2.19 bits per heavy atom. The SMILES string of the molecule is CC1(C)N=Nc2c(Cl)nn3c(Br)cnc3c21. The Balaban J connectivity index is 2.51. The van der Waals surface area contributed by atoms with E-state index in [-0.39, 0.29) is 0 Å². The van der Waals surface area contributed by atoms with Crippen molar-refractivity contribution in [2.45, 2.75) is 19.4 Å². The van der Waals surface area contributed by atoms with Gasteiger partial charge in [-0.25, -0.2) is 9.50 Å². The van der Waals surface area contributed by atoms with Crippen molar-refractivity contribution in [3.63, 3.8) is 0 Å². The van der Waals surface area contributed by atoms with Crippen molar-refractivity contribution < 1.29 is 0 Å². The molecule has 2 aromatic heterocycles. The highest BCUT2D eigenvalue weighted by molar-refractivity contribution is 9.10. The van der Waals surface area contributed by atoms with Crippen LogP contribution in [0.5, 0.6) is 0 Å². The average molecular weight is 301 g/mol. The first-order valence-electron chi connectivity index (χ1n) is 4.67. The van der Waals surface area contributed by atoms with Crippen LogP contribution in [0.4, 0.5) is 5.69 Å². The summed E-state index contributed by atoms with van der Waals surface area (Å²) < 4.78 is 2.41. The molecule has 16 heavy (non-hydrogen) atoms. The minimum atomic E-state index is -0.409. The molecule has 2 aromatic rings. The van der Waals surface area contributed by atoms with Crippen LogP contribution in [0.3, 0.4) is 0 Å². The van der Waals surface area contributed by atoms with Crippen LogP contribution < -0.4 is 0 Å². The molecule has 0 aliphatic carbocycles. The molecule has 5 nitrogen and oxygen atoms in total. The molecule has 0 saturated heterocycles. The number of halogens is 2. The van der Waals surface area contributed by atoms with Crippen molar-refractivity contribution in [3.05, 3.63) is 21.5 Å². The van der Waals surface area contributed by atoms with Crippen molar-refractivity contribution in [2.75, 3.05) is 0 Å². The first-order valence-corrected chi connectivity index (χ1v) is 5.84. The van der Waals surface area contributed by atoms with Crippen LogP contribution in [0.1, 0.15) is 19.4 Å². The van der Waals surface area contributed by atoms with Gasteiger partial charge in [0.05, 0.1) is 11.8 Å². The topological polar surface area (TPSA) is 54.9 Å². The number of imidazole rings is 1. The van der Waals surface area contributed by atoms with E-state index < -0.39 is 5.54 Å². The second-order valence-corrected chi connectivity index (χ2v) is 5.26. The number of azo groups is 1. The quantitative estimate of drug-likeness (QED) is 0.748. The molecule has 0 radical (unpaired) electrons. The zero-order valence-electron chi connectivity index (χ0n) is 8.57. The van der Waals surface area contributed by atoms with Crippen molar-refractivity contribution in [2.24, 2.45) is 10.2 Å². The second kappa shape index (κ2) is 3.01. The summed E-state index contributed by atoms with van der Waals surface area (Å²) in [5.74, 6) is 0. The van der Waals surface area contributed by atoms with Crippen LogP contribution in [0.15, 0.2) is 21.0 Å². The third-order valence-electron chi connectivity index (χ3n) is 2.55. The van der Waals surface area contributed by atoms with Crippen LogP contribution in [0.2, 0.25) is 5.15 Å². The average Bonchev–Trinajstić information content (AvgIpc) is 2.70. The lowest BCUT2D eigenvalue weighted by molar-refractivity contribution is 0.556. The van der Waals surface area contributed by atoms with E-state index in [0.29, 0.717) is 10.8 Å². The summed E-state index contributed by atoms with van der Waals surface area (Å²) in [7, 11) is 0. The first kappa shape index (κ1) is 10.2. The van der Waals surface area contributed by atoms with Crippen LogP contribution in [-0.2, 0) is 5.54 Å². The van der Waals surface area contributed by atoms with Gasteiger partial charge in [0.25, 0.3) is 0 Å². The van der Waals surface area contributed by atoms with Gasteiger partial charge in [-0.15, -0.1) is 0 Å². The second-order valence-electron chi connectivity index (χ2n) is 4.09. The summed E-state index contributed by atoms with van der Waals surface area (Å²) in [5, 5.41) is 12.8. The fourth-order valence-electron chi connectivity index (χ4n) is 1.81. The summed E-state index contributed by atoms with van der Waals surface area (Å²) in [6, 6.07) is 0. The van der Waals surface area contributed by atoms with E-state index in [1.54, 1.807) is 10.7 Å². The van der Waals surface area contributed by atoms with E-state index in [0.717, 1.165) is 15.8 Å². The van der Waals surface area contributed by atoms with Crippen LogP contribution in [0.25, 0.3) is 5.65 Å². The Kier molecular flexibility index (Phi) is 1.91. The van der Waals surface area contributed by atoms with E-state index in [1.165, 1.54) is 0 Å². The minimum Gasteiger partial charge on any atom is -0.234 e. The molecule has 3 heterocycles. The zero-order chi connectivity index (χ0) is 11.5. The number of hydrogen-bond acceptors (Lipinski definition) is 4. The van der Waals surface area contributed by atoms with E-state index in [2.05, 4.69) is 36.2 Å². The molecular formula is C9H7BrClN5. The predicted molar refractivity (Wildman–Crippen MR) is 63.2 cm³/mol. The van der Waals surface area contributed by atoms with Crippen LogP contribution in [0, 0.1) is 0 Å². The molecule has 0 spiro atoms. The summed E-state index contributed by atoms with van der Waals surface area (Å²) >= 11 is 9.44. The lowest BCUT2D eigenvalue weighted by Crippen LogP contribution is -2.12. The van der Waals surface area contributed by atoms with E-state index in [1.807, 2.05) is 13.8 Å². The number of aromatic nitrogens is 3. The Labute approximate surface area is 105 Å². The number of fused-ring (bicyclic) bond motifs is 3. The fourth-order valence-corrected chi connectivity index (χ4v) is 2.37. The van der Waals surface area contributed by atoms with Gasteiger partial charge in [-0.3, -0.25) is 0 Å². The molecule has 0 unspecified atom stereocenters. The van der Waals surface area contributed by atoms with Crippen LogP contribution >= 0.6 is 27.5 Å². The Bertz CT molecular complexity index is 630. The van der Waals surface area contributed by atoms with Gasteiger partial charge in [-0.05, 0) is 29.8 Å². The summed E-state index contributed by atoms with van der Waals surface area (Å²) in [6.45, 7) is 3.95. The molecule has 0 saturated carbocycles. The molecule has 0 aromatic carbocycles. The molecule has 7 heteroatoms. The van der Waals surface area contributed by atoms with E-state index in [9.17, 15) is 0 Å². The van der Waals surface area contributed by atoms with E-state index >= 15 is 0 Å². The maximum atomic E-state index is 6.07. The Morgan fingerprint density at radius 3 is 2.94 bits per heavy atom. The number of rotatable bonds is 0. The smallest absolute Gasteiger partial charge is 0.178 e. The fraction of sp³-hybridized carbons (Fsp3) is 0.333. The lowest BCUT2D eigenvalue weighted by atomic mass is 9.97. The third-order valence-corrected chi connectivity index (χ3v) is 3.35. The van der Waals surface area contributed by atoms with E-state index in [4.69, 9.17) is 11.6 Å². The third kappa shape index (κ3) is 1.17. The van der Waals surface area contributed by atoms with Gasteiger partial charge in [0.2, 0.25) is 0 Å². The standard InChI is InChI=1S/C9H7BrClN5/c1-9(2)5-6(13-15-9)7(11)14-16-4(10)3-12-8(5)16/h3H,1-2H3. The summed E-state index contributed by atoms with van der Waals surface area (Å²) in [4.78, 5) is 4.30. The van der Waals surface area contributed by atoms with Gasteiger partial charge in [0.15, 0.2) is 10.8 Å². The summed E-state index contributed by atoms with van der Waals surface area (Å²) in [5.41, 5.74) is 1.87. The first-order chi connectivity index (χ1) is 7.50. The molecule has 0 fully saturated rings. The normalized spacial score (nSPS) is 17.0. The highest BCUT2D eigenvalue weighted by atomic mass is 79.9. The maximum Gasteiger partial charge on any atom is 0.178 e. The molecule has 0 atom stereocenters. The van der Waals surface area contributed by atoms with Crippen molar-refractivity contribution in [3.8, 4) is 0 Å². The van der Waals surface area contributed by atoms with Crippen molar-refractivity contribution in [1.29, 1.82) is 0 Å². The summed E-state index contributed by atoms with van der Waals surface area (Å²) in [6.07, 6.45) is 1.69. The molecule has 0 N–H and O–H groups in total. The predicted octanol–water partition coefficient (Wildman–Crippen LogP) is 3.48. The van der Waals surface area contributed by atoms with Gasteiger partial charge in [0, 0.05) is 0 Å². The van der Waals surface area contributed by atoms with Gasteiger partial charge in [0.1, 0.15) is 15.8 Å². The Morgan fingerprint density at radius 1 is 1.44 bits per heavy atom. The highest BCUT2D eigenvalue weighted by Gasteiger charge is 2.34. The van der Waals surface area contributed by atoms with Crippen molar-refractivity contribution >= 4 is 38.9 Å². The zero-order valence-corrected chi connectivity index (χ0v) is 10.9. The van der Waals surface area contributed by atoms with Gasteiger partial charge in [-0.1, -0.05) is 11.6 Å². The molecule has 3 rings (SSSR count). The van der Waals surface area contributed by atoms with Crippen molar-refractivity contribution in [1.82, 2.24) is 14.6 Å². The minimum absolute atomic E-state index is 0.343. The molecule has 0 bridgehead atoms. The number of nitrogens with zero attached hydrogens (tertiary/aromatic N) is 5. The molecule has 0 amide bonds. The lowest BCUT2D eigenvalue weighted by Gasteiger charge is -2.14.